The van der Waals surface area contributed by atoms with Gasteiger partial charge in [0.05, 0.1) is 0 Å². The molecular formula is C52H84O6. The number of rotatable bonds is 40. The summed E-state index contributed by atoms with van der Waals surface area (Å²) >= 11 is 0. The Morgan fingerprint density at radius 2 is 0.672 bits per heavy atom. The van der Waals surface area contributed by atoms with E-state index in [0.29, 0.717) is 19.3 Å². The topological polar surface area (TPSA) is 78.9 Å². The molecule has 0 radical (unpaired) electrons. The third kappa shape index (κ3) is 43.5. The van der Waals surface area contributed by atoms with Gasteiger partial charge in [-0.2, -0.15) is 0 Å². The largest absolute Gasteiger partial charge is 0.462 e. The first-order valence-electron chi connectivity index (χ1n) is 23.2. The third-order valence-corrected chi connectivity index (χ3v) is 9.33. The zero-order valence-electron chi connectivity index (χ0n) is 37.3. The Balaban J connectivity index is 4.53. The fraction of sp³-hybridized carbons (Fsp3) is 0.635. The molecule has 6 nitrogen and oxygen atoms in total. The highest BCUT2D eigenvalue weighted by atomic mass is 16.6. The molecule has 0 amide bonds. The van der Waals surface area contributed by atoms with E-state index in [1.54, 1.807) is 0 Å². The van der Waals surface area contributed by atoms with Crippen molar-refractivity contribution in [2.45, 2.75) is 200 Å². The van der Waals surface area contributed by atoms with E-state index in [2.05, 4.69) is 118 Å². The molecule has 0 heterocycles. The molecule has 1 atom stereocenters. The second-order valence-electron chi connectivity index (χ2n) is 14.9. The molecule has 1 unspecified atom stereocenters. The van der Waals surface area contributed by atoms with Crippen LogP contribution in [-0.4, -0.2) is 37.2 Å². The molecule has 0 aliphatic heterocycles. The van der Waals surface area contributed by atoms with E-state index >= 15 is 0 Å². The van der Waals surface area contributed by atoms with Crippen molar-refractivity contribution >= 4 is 17.9 Å². The fourth-order valence-electron chi connectivity index (χ4n) is 5.91. The van der Waals surface area contributed by atoms with Crippen LogP contribution in [0, 0.1) is 0 Å². The van der Waals surface area contributed by atoms with E-state index in [4.69, 9.17) is 14.2 Å². The van der Waals surface area contributed by atoms with Crippen LogP contribution in [-0.2, 0) is 28.6 Å². The molecule has 0 N–H and O–H groups in total. The Morgan fingerprint density at radius 3 is 1.03 bits per heavy atom. The van der Waals surface area contributed by atoms with E-state index in [0.717, 1.165) is 83.5 Å². The molecule has 0 rings (SSSR count). The van der Waals surface area contributed by atoms with E-state index in [1.807, 2.05) is 0 Å². The predicted molar refractivity (Wildman–Crippen MR) is 247 cm³/mol. The number of carbonyl (C=O) groups excluding carboxylic acids is 3. The van der Waals surface area contributed by atoms with Crippen LogP contribution in [0.25, 0.3) is 0 Å². The monoisotopic (exact) mass is 805 g/mol. The normalized spacial score (nSPS) is 12.9. The van der Waals surface area contributed by atoms with Crippen LogP contribution in [0.4, 0.5) is 0 Å². The Morgan fingerprint density at radius 1 is 0.362 bits per heavy atom. The van der Waals surface area contributed by atoms with Crippen molar-refractivity contribution in [2.24, 2.45) is 0 Å². The van der Waals surface area contributed by atoms with Gasteiger partial charge in [-0.1, -0.05) is 189 Å². The van der Waals surface area contributed by atoms with Gasteiger partial charge in [0.2, 0.25) is 0 Å². The highest BCUT2D eigenvalue weighted by molar-refractivity contribution is 5.71. The van der Waals surface area contributed by atoms with Crippen LogP contribution in [0.5, 0.6) is 0 Å². The number of esters is 3. The van der Waals surface area contributed by atoms with E-state index in [-0.39, 0.29) is 44.0 Å². The summed E-state index contributed by atoms with van der Waals surface area (Å²) in [6.07, 6.45) is 59.8. The molecule has 0 fully saturated rings. The van der Waals surface area contributed by atoms with Gasteiger partial charge in [-0.05, 0) is 83.5 Å². The van der Waals surface area contributed by atoms with Crippen molar-refractivity contribution in [3.63, 3.8) is 0 Å². The van der Waals surface area contributed by atoms with Crippen molar-refractivity contribution in [1.29, 1.82) is 0 Å². The van der Waals surface area contributed by atoms with Gasteiger partial charge in [0.15, 0.2) is 6.10 Å². The lowest BCUT2D eigenvalue weighted by Crippen LogP contribution is -2.30. The van der Waals surface area contributed by atoms with Gasteiger partial charge in [-0.25, -0.2) is 0 Å². The summed E-state index contributed by atoms with van der Waals surface area (Å²) in [6, 6.07) is 0. The van der Waals surface area contributed by atoms with Crippen LogP contribution in [0.2, 0.25) is 0 Å². The number of hydrogen-bond acceptors (Lipinski definition) is 6. The smallest absolute Gasteiger partial charge is 0.306 e. The van der Waals surface area contributed by atoms with Crippen molar-refractivity contribution in [2.75, 3.05) is 13.2 Å². The molecule has 0 bridgehead atoms. The van der Waals surface area contributed by atoms with Crippen LogP contribution in [0.15, 0.2) is 97.2 Å². The highest BCUT2D eigenvalue weighted by Crippen LogP contribution is 2.13. The Hall–Kier alpha value is -3.67. The summed E-state index contributed by atoms with van der Waals surface area (Å²) in [4.78, 5) is 37.7. The number of ether oxygens (including phenoxy) is 3. The maximum absolute atomic E-state index is 12.7. The molecule has 0 aromatic heterocycles. The van der Waals surface area contributed by atoms with Crippen molar-refractivity contribution < 1.29 is 28.6 Å². The minimum absolute atomic E-state index is 0.122. The second kappa shape index (κ2) is 46.0. The number of carbonyl (C=O) groups is 3. The summed E-state index contributed by atoms with van der Waals surface area (Å²) in [5.41, 5.74) is 0. The molecule has 0 aromatic rings. The van der Waals surface area contributed by atoms with Crippen molar-refractivity contribution in [1.82, 2.24) is 0 Å². The van der Waals surface area contributed by atoms with Gasteiger partial charge >= 0.3 is 17.9 Å². The zero-order valence-corrected chi connectivity index (χ0v) is 37.3. The van der Waals surface area contributed by atoms with Gasteiger partial charge in [0.25, 0.3) is 0 Å². The first kappa shape index (κ1) is 54.3. The number of unbranched alkanes of at least 4 members (excludes halogenated alkanes) is 13. The lowest BCUT2D eigenvalue weighted by Gasteiger charge is -2.18. The van der Waals surface area contributed by atoms with E-state index in [1.165, 1.54) is 57.8 Å². The van der Waals surface area contributed by atoms with Gasteiger partial charge in [0, 0.05) is 19.3 Å². The standard InChI is InChI=1S/C52H84O6/c1-4-7-10-13-16-19-22-24-25-26-27-28-31-33-36-39-42-45-51(54)57-48-49(47-56-50(53)44-41-38-35-32-29-21-18-15-12-9-6-3)58-52(55)46-43-40-37-34-30-23-20-17-14-11-8-5-2/h7,9-10,12,16,18-19,21,24-25,27-28,32-33,35-36,49H,4-6,8,11,13-15,17,20,22-23,26,29-31,34,37-48H2,1-3H3/b10-7-,12-9-,19-16-,21-18-,25-24-,28-27-,35-32-,36-33-. The molecule has 0 saturated carbocycles. The summed E-state index contributed by atoms with van der Waals surface area (Å²) in [6.45, 7) is 6.28. The first-order chi connectivity index (χ1) is 28.5. The third-order valence-electron chi connectivity index (χ3n) is 9.33. The average Bonchev–Trinajstić information content (AvgIpc) is 3.22. The number of allylic oxidation sites excluding steroid dienone is 16. The lowest BCUT2D eigenvalue weighted by molar-refractivity contribution is -0.167. The maximum Gasteiger partial charge on any atom is 0.306 e. The minimum Gasteiger partial charge on any atom is -0.462 e. The van der Waals surface area contributed by atoms with Gasteiger partial charge in [-0.15, -0.1) is 0 Å². The molecular weight excluding hydrogens is 721 g/mol. The molecule has 58 heavy (non-hydrogen) atoms. The summed E-state index contributed by atoms with van der Waals surface area (Å²) in [5, 5.41) is 0. The Bertz CT molecular complexity index is 1200. The Labute approximate surface area is 356 Å². The summed E-state index contributed by atoms with van der Waals surface area (Å²) in [5.74, 6) is -1.04. The Kier molecular flexibility index (Phi) is 43.1. The summed E-state index contributed by atoms with van der Waals surface area (Å²) in [7, 11) is 0. The molecule has 0 aromatic carbocycles. The minimum atomic E-state index is -0.817. The second-order valence-corrected chi connectivity index (χ2v) is 14.9. The predicted octanol–water partition coefficient (Wildman–Crippen LogP) is 15.0. The maximum atomic E-state index is 12.7. The van der Waals surface area contributed by atoms with E-state index in [9.17, 15) is 14.4 Å². The highest BCUT2D eigenvalue weighted by Gasteiger charge is 2.19. The quantitative estimate of drug-likeness (QED) is 0.0266. The molecule has 0 spiro atoms. The van der Waals surface area contributed by atoms with Crippen molar-refractivity contribution in [3.8, 4) is 0 Å². The lowest BCUT2D eigenvalue weighted by atomic mass is 10.0. The first-order valence-corrected chi connectivity index (χ1v) is 23.2. The molecule has 6 heteroatoms. The van der Waals surface area contributed by atoms with E-state index < -0.39 is 6.10 Å². The van der Waals surface area contributed by atoms with Gasteiger partial charge in [0.1, 0.15) is 13.2 Å². The fourth-order valence-corrected chi connectivity index (χ4v) is 5.91. The zero-order chi connectivity index (χ0) is 42.3. The van der Waals surface area contributed by atoms with Crippen molar-refractivity contribution in [3.05, 3.63) is 97.2 Å². The molecule has 0 aliphatic rings. The number of hydrogen-bond donors (Lipinski definition) is 0. The van der Waals surface area contributed by atoms with Crippen LogP contribution in [0.3, 0.4) is 0 Å². The summed E-state index contributed by atoms with van der Waals surface area (Å²) < 4.78 is 16.6. The van der Waals surface area contributed by atoms with Gasteiger partial charge < -0.3 is 14.2 Å². The SMILES string of the molecule is CC/C=C\C/C=C\C/C=C\C/C=C\C/C=C\CCCC(=O)OCC(COC(=O)CCC/C=C\C/C=C\C/C=C\CC)OC(=O)CCCCCCCCCCCCCC. The average molecular weight is 805 g/mol. The molecule has 0 aliphatic carbocycles. The van der Waals surface area contributed by atoms with Crippen LogP contribution < -0.4 is 0 Å². The van der Waals surface area contributed by atoms with Crippen LogP contribution >= 0.6 is 0 Å². The van der Waals surface area contributed by atoms with Gasteiger partial charge in [-0.3, -0.25) is 14.4 Å². The molecule has 0 saturated heterocycles. The van der Waals surface area contributed by atoms with Crippen LogP contribution in [0.1, 0.15) is 194 Å². The molecule has 328 valence electrons.